The van der Waals surface area contributed by atoms with Gasteiger partial charge in [-0.05, 0) is 36.3 Å². The lowest BCUT2D eigenvalue weighted by Crippen LogP contribution is -2.31. The highest BCUT2D eigenvalue weighted by atomic mass is 32.2. The van der Waals surface area contributed by atoms with Gasteiger partial charge < -0.3 is 11.1 Å². The van der Waals surface area contributed by atoms with Crippen LogP contribution in [-0.4, -0.2) is 18.2 Å². The molecule has 1 unspecified atom stereocenters. The molecule has 0 aromatic heterocycles. The highest BCUT2D eigenvalue weighted by molar-refractivity contribution is 7.98. The molecule has 19 heavy (non-hydrogen) atoms. The van der Waals surface area contributed by atoms with E-state index in [4.69, 9.17) is 5.73 Å². The summed E-state index contributed by atoms with van der Waals surface area (Å²) in [5.41, 5.74) is 6.99. The maximum absolute atomic E-state index is 11.9. The Labute approximate surface area is 120 Å². The summed E-state index contributed by atoms with van der Waals surface area (Å²) >= 11 is 1.66. The third-order valence-electron chi connectivity index (χ3n) is 2.68. The number of amides is 1. The predicted molar refractivity (Wildman–Crippen MR) is 83.5 cm³/mol. The van der Waals surface area contributed by atoms with Gasteiger partial charge in [0.1, 0.15) is 0 Å². The molecule has 1 aromatic rings. The zero-order chi connectivity index (χ0) is 14.5. The second-order valence-electron chi connectivity index (χ2n) is 6.01. The lowest BCUT2D eigenvalue weighted by molar-refractivity contribution is -0.116. The van der Waals surface area contributed by atoms with Gasteiger partial charge in [-0.15, -0.1) is 11.8 Å². The second-order valence-corrected chi connectivity index (χ2v) is 6.89. The molecule has 0 radical (unpaired) electrons. The van der Waals surface area contributed by atoms with Crippen LogP contribution in [0.5, 0.6) is 0 Å². The van der Waals surface area contributed by atoms with Crippen LogP contribution in [0.1, 0.15) is 33.6 Å². The third kappa shape index (κ3) is 6.64. The Bertz CT molecular complexity index is 426. The molecule has 0 bridgehead atoms. The van der Waals surface area contributed by atoms with E-state index in [0.29, 0.717) is 6.42 Å². The molecule has 3 nitrogen and oxygen atoms in total. The Hall–Kier alpha value is -1.00. The minimum Gasteiger partial charge on any atom is -0.327 e. The molecule has 1 rings (SSSR count). The number of nitrogens with two attached hydrogens (primary N) is 1. The standard InChI is InChI=1S/C15H24N2OS/c1-15(2,3)10-11(16)8-14(18)17-12-6-5-7-13(9-12)19-4/h5-7,9,11H,8,10,16H2,1-4H3,(H,17,18). The number of carbonyl (C=O) groups excluding carboxylic acids is 1. The van der Waals surface area contributed by atoms with Crippen molar-refractivity contribution in [1.29, 1.82) is 0 Å². The van der Waals surface area contributed by atoms with Gasteiger partial charge in [-0.2, -0.15) is 0 Å². The van der Waals surface area contributed by atoms with Gasteiger partial charge in [-0.3, -0.25) is 4.79 Å². The van der Waals surface area contributed by atoms with Crippen LogP contribution in [0.4, 0.5) is 5.69 Å². The van der Waals surface area contributed by atoms with Gasteiger partial charge in [0, 0.05) is 23.0 Å². The van der Waals surface area contributed by atoms with Crippen LogP contribution in [0.2, 0.25) is 0 Å². The Morgan fingerprint density at radius 3 is 2.68 bits per heavy atom. The van der Waals surface area contributed by atoms with E-state index < -0.39 is 0 Å². The Morgan fingerprint density at radius 1 is 1.42 bits per heavy atom. The molecule has 0 saturated heterocycles. The number of hydrogen-bond acceptors (Lipinski definition) is 3. The monoisotopic (exact) mass is 280 g/mol. The van der Waals surface area contributed by atoms with Gasteiger partial charge in [-0.1, -0.05) is 26.8 Å². The Kier molecular flexibility index (Phi) is 5.88. The van der Waals surface area contributed by atoms with Crippen molar-refractivity contribution < 1.29 is 4.79 Å². The molecule has 1 amide bonds. The maximum atomic E-state index is 11.9. The number of carbonyl (C=O) groups is 1. The summed E-state index contributed by atoms with van der Waals surface area (Å²) in [6.45, 7) is 6.39. The van der Waals surface area contributed by atoms with E-state index in [2.05, 4.69) is 26.1 Å². The number of anilines is 1. The third-order valence-corrected chi connectivity index (χ3v) is 3.40. The summed E-state index contributed by atoms with van der Waals surface area (Å²) in [5.74, 6) is -0.0185. The first kappa shape index (κ1) is 16.1. The van der Waals surface area contributed by atoms with E-state index in [-0.39, 0.29) is 17.4 Å². The molecule has 0 aliphatic heterocycles. The average molecular weight is 280 g/mol. The van der Waals surface area contributed by atoms with Crippen LogP contribution in [0.15, 0.2) is 29.2 Å². The zero-order valence-electron chi connectivity index (χ0n) is 12.2. The zero-order valence-corrected chi connectivity index (χ0v) is 13.0. The summed E-state index contributed by atoms with van der Waals surface area (Å²) in [4.78, 5) is 13.0. The highest BCUT2D eigenvalue weighted by Gasteiger charge is 2.18. The Balaban J connectivity index is 2.50. The van der Waals surface area contributed by atoms with Crippen LogP contribution in [-0.2, 0) is 4.79 Å². The number of nitrogens with one attached hydrogen (secondary N) is 1. The molecule has 0 aliphatic carbocycles. The largest absolute Gasteiger partial charge is 0.327 e. The molecule has 106 valence electrons. The van der Waals surface area contributed by atoms with Crippen molar-refractivity contribution in [3.05, 3.63) is 24.3 Å². The fourth-order valence-electron chi connectivity index (χ4n) is 2.01. The van der Waals surface area contributed by atoms with Gasteiger partial charge >= 0.3 is 0 Å². The molecule has 4 heteroatoms. The van der Waals surface area contributed by atoms with Crippen molar-refractivity contribution in [2.45, 2.75) is 44.6 Å². The quantitative estimate of drug-likeness (QED) is 0.812. The molecule has 3 N–H and O–H groups in total. The van der Waals surface area contributed by atoms with Crippen LogP contribution >= 0.6 is 11.8 Å². The lowest BCUT2D eigenvalue weighted by atomic mass is 9.87. The van der Waals surface area contributed by atoms with Crippen LogP contribution in [0, 0.1) is 5.41 Å². The van der Waals surface area contributed by atoms with Gasteiger partial charge in [-0.25, -0.2) is 0 Å². The highest BCUT2D eigenvalue weighted by Crippen LogP contribution is 2.22. The Morgan fingerprint density at radius 2 is 2.11 bits per heavy atom. The van der Waals surface area contributed by atoms with Crippen LogP contribution in [0.25, 0.3) is 0 Å². The van der Waals surface area contributed by atoms with E-state index in [0.717, 1.165) is 17.0 Å². The van der Waals surface area contributed by atoms with Gasteiger partial charge in [0.2, 0.25) is 5.91 Å². The molecular formula is C15H24N2OS. The van der Waals surface area contributed by atoms with Gasteiger partial charge in [0.05, 0.1) is 0 Å². The molecule has 1 atom stereocenters. The molecule has 0 spiro atoms. The lowest BCUT2D eigenvalue weighted by Gasteiger charge is -2.22. The van der Waals surface area contributed by atoms with Crippen molar-refractivity contribution >= 4 is 23.4 Å². The minimum atomic E-state index is -0.0938. The fourth-order valence-corrected chi connectivity index (χ4v) is 2.47. The summed E-state index contributed by atoms with van der Waals surface area (Å²) in [7, 11) is 0. The van der Waals surface area contributed by atoms with E-state index in [1.165, 1.54) is 0 Å². The normalized spacial score (nSPS) is 13.1. The summed E-state index contributed by atoms with van der Waals surface area (Å²) < 4.78 is 0. The van der Waals surface area contributed by atoms with Crippen LogP contribution < -0.4 is 11.1 Å². The molecular weight excluding hydrogens is 256 g/mol. The maximum Gasteiger partial charge on any atom is 0.225 e. The van der Waals surface area contributed by atoms with E-state index in [9.17, 15) is 4.79 Å². The number of rotatable bonds is 5. The SMILES string of the molecule is CSc1cccc(NC(=O)CC(N)CC(C)(C)C)c1. The summed E-state index contributed by atoms with van der Waals surface area (Å²) in [6.07, 6.45) is 3.21. The summed E-state index contributed by atoms with van der Waals surface area (Å²) in [6, 6.07) is 7.73. The summed E-state index contributed by atoms with van der Waals surface area (Å²) in [5, 5.41) is 2.90. The predicted octanol–water partition coefficient (Wildman–Crippen LogP) is 3.50. The van der Waals surface area contributed by atoms with E-state index in [1.807, 2.05) is 30.5 Å². The average Bonchev–Trinajstić information content (AvgIpc) is 2.26. The molecule has 1 aromatic carbocycles. The molecule has 0 saturated carbocycles. The molecule has 0 fully saturated rings. The van der Waals surface area contributed by atoms with Crippen LogP contribution in [0.3, 0.4) is 0 Å². The van der Waals surface area contributed by atoms with E-state index in [1.54, 1.807) is 11.8 Å². The first-order chi connectivity index (χ1) is 8.80. The van der Waals surface area contributed by atoms with Crippen molar-refractivity contribution in [2.75, 3.05) is 11.6 Å². The van der Waals surface area contributed by atoms with Crippen molar-refractivity contribution in [2.24, 2.45) is 11.1 Å². The van der Waals surface area contributed by atoms with E-state index >= 15 is 0 Å². The molecule has 0 aliphatic rings. The smallest absolute Gasteiger partial charge is 0.225 e. The van der Waals surface area contributed by atoms with Crippen molar-refractivity contribution in [3.63, 3.8) is 0 Å². The topological polar surface area (TPSA) is 55.1 Å². The number of hydrogen-bond donors (Lipinski definition) is 2. The van der Waals surface area contributed by atoms with Gasteiger partial charge in [0.25, 0.3) is 0 Å². The van der Waals surface area contributed by atoms with Gasteiger partial charge in [0.15, 0.2) is 0 Å². The second kappa shape index (κ2) is 6.96. The van der Waals surface area contributed by atoms with Crippen molar-refractivity contribution in [3.8, 4) is 0 Å². The molecule has 0 heterocycles. The first-order valence-corrected chi connectivity index (χ1v) is 7.72. The number of thioether (sulfide) groups is 1. The first-order valence-electron chi connectivity index (χ1n) is 6.49. The number of benzene rings is 1. The minimum absolute atomic E-state index is 0.0185. The fraction of sp³-hybridized carbons (Fsp3) is 0.533. The van der Waals surface area contributed by atoms with Crippen molar-refractivity contribution in [1.82, 2.24) is 0 Å².